The highest BCUT2D eigenvalue weighted by Crippen LogP contribution is 2.16. The first-order valence-electron chi connectivity index (χ1n) is 8.18. The highest BCUT2D eigenvalue weighted by Gasteiger charge is 2.33. The number of morpholine rings is 1. The van der Waals surface area contributed by atoms with Crippen molar-refractivity contribution in [2.45, 2.75) is 25.5 Å². The van der Waals surface area contributed by atoms with Crippen molar-refractivity contribution >= 4 is 5.91 Å². The molecule has 0 spiro atoms. The molecule has 0 aromatic rings. The Balaban J connectivity index is 1.45. The van der Waals surface area contributed by atoms with Crippen molar-refractivity contribution in [3.8, 4) is 0 Å². The van der Waals surface area contributed by atoms with Gasteiger partial charge in [0.2, 0.25) is 5.91 Å². The SMILES string of the molecule is C[C@H]1OCCN[C@@H]1C(=O)N1CCN(CC2CCOC2)CC1. The molecule has 3 atom stereocenters. The molecule has 21 heavy (non-hydrogen) atoms. The summed E-state index contributed by atoms with van der Waals surface area (Å²) in [6, 6.07) is -0.173. The second-order valence-electron chi connectivity index (χ2n) is 6.36. The predicted octanol–water partition coefficient (Wildman–Crippen LogP) is -0.456. The zero-order valence-corrected chi connectivity index (χ0v) is 12.9. The summed E-state index contributed by atoms with van der Waals surface area (Å²) in [5, 5.41) is 3.29. The van der Waals surface area contributed by atoms with E-state index in [1.807, 2.05) is 11.8 Å². The van der Waals surface area contributed by atoms with E-state index in [-0.39, 0.29) is 18.1 Å². The largest absolute Gasteiger partial charge is 0.381 e. The quantitative estimate of drug-likeness (QED) is 0.764. The monoisotopic (exact) mass is 297 g/mol. The van der Waals surface area contributed by atoms with Crippen molar-refractivity contribution < 1.29 is 14.3 Å². The van der Waals surface area contributed by atoms with E-state index in [4.69, 9.17) is 9.47 Å². The molecule has 120 valence electrons. The Kier molecular flexibility index (Phi) is 5.11. The van der Waals surface area contributed by atoms with Crippen molar-refractivity contribution in [1.29, 1.82) is 0 Å². The van der Waals surface area contributed by atoms with Crippen LogP contribution in [0.1, 0.15) is 13.3 Å². The maximum atomic E-state index is 12.6. The van der Waals surface area contributed by atoms with Crippen LogP contribution in [-0.2, 0) is 14.3 Å². The van der Waals surface area contributed by atoms with Gasteiger partial charge in [-0.1, -0.05) is 0 Å². The van der Waals surface area contributed by atoms with Gasteiger partial charge >= 0.3 is 0 Å². The van der Waals surface area contributed by atoms with Crippen molar-refractivity contribution in [1.82, 2.24) is 15.1 Å². The standard InChI is InChI=1S/C15H27N3O3/c1-12-14(16-3-9-21-12)15(19)18-6-4-17(5-7-18)10-13-2-8-20-11-13/h12-14,16H,2-11H2,1H3/t12-,13?,14+/m1/s1. The zero-order chi connectivity index (χ0) is 14.7. The number of carbonyl (C=O) groups is 1. The number of amides is 1. The minimum absolute atomic E-state index is 0.0279. The summed E-state index contributed by atoms with van der Waals surface area (Å²) < 4.78 is 11.0. The molecule has 3 fully saturated rings. The molecule has 6 nitrogen and oxygen atoms in total. The number of piperazine rings is 1. The summed E-state index contributed by atoms with van der Waals surface area (Å²) in [5.41, 5.74) is 0. The number of hydrogen-bond donors (Lipinski definition) is 1. The van der Waals surface area contributed by atoms with Gasteiger partial charge in [0.1, 0.15) is 6.04 Å². The average Bonchev–Trinajstić information content (AvgIpc) is 3.01. The molecule has 1 amide bonds. The van der Waals surface area contributed by atoms with Gasteiger partial charge in [-0.3, -0.25) is 9.69 Å². The summed E-state index contributed by atoms with van der Waals surface area (Å²) >= 11 is 0. The molecule has 0 aromatic heterocycles. The Morgan fingerprint density at radius 1 is 1.24 bits per heavy atom. The van der Waals surface area contributed by atoms with Crippen LogP contribution in [0.3, 0.4) is 0 Å². The minimum Gasteiger partial charge on any atom is -0.381 e. The predicted molar refractivity (Wildman–Crippen MR) is 79.2 cm³/mol. The summed E-state index contributed by atoms with van der Waals surface area (Å²) in [5.74, 6) is 0.881. The molecule has 3 rings (SSSR count). The molecule has 3 aliphatic heterocycles. The highest BCUT2D eigenvalue weighted by atomic mass is 16.5. The van der Waals surface area contributed by atoms with E-state index in [2.05, 4.69) is 10.2 Å². The topological polar surface area (TPSA) is 54.0 Å². The molecule has 3 aliphatic rings. The second-order valence-corrected chi connectivity index (χ2v) is 6.36. The first-order valence-corrected chi connectivity index (χ1v) is 8.18. The third-order valence-electron chi connectivity index (χ3n) is 4.81. The van der Waals surface area contributed by atoms with Crippen molar-refractivity contribution in [2.75, 3.05) is 59.1 Å². The Morgan fingerprint density at radius 3 is 2.71 bits per heavy atom. The normalized spacial score (nSPS) is 35.1. The molecular formula is C15H27N3O3. The van der Waals surface area contributed by atoms with Gasteiger partial charge in [-0.2, -0.15) is 0 Å². The smallest absolute Gasteiger partial charge is 0.242 e. The Bertz CT molecular complexity index is 352. The third kappa shape index (κ3) is 3.74. The van der Waals surface area contributed by atoms with Gasteiger partial charge in [-0.15, -0.1) is 0 Å². The molecule has 3 heterocycles. The minimum atomic E-state index is -0.173. The van der Waals surface area contributed by atoms with Crippen LogP contribution in [0.4, 0.5) is 0 Å². The summed E-state index contributed by atoms with van der Waals surface area (Å²) in [6.07, 6.45) is 1.15. The molecular weight excluding hydrogens is 270 g/mol. The fraction of sp³-hybridized carbons (Fsp3) is 0.933. The van der Waals surface area contributed by atoms with E-state index in [0.717, 1.165) is 52.5 Å². The van der Waals surface area contributed by atoms with Crippen molar-refractivity contribution in [3.63, 3.8) is 0 Å². The van der Waals surface area contributed by atoms with Gasteiger partial charge < -0.3 is 19.7 Å². The summed E-state index contributed by atoms with van der Waals surface area (Å²) in [7, 11) is 0. The molecule has 0 saturated carbocycles. The lowest BCUT2D eigenvalue weighted by Crippen LogP contribution is -2.59. The second kappa shape index (κ2) is 7.05. The maximum Gasteiger partial charge on any atom is 0.242 e. The number of nitrogens with one attached hydrogen (secondary N) is 1. The van der Waals surface area contributed by atoms with Crippen LogP contribution in [-0.4, -0.2) is 86.9 Å². The molecule has 6 heteroatoms. The molecule has 1 N–H and O–H groups in total. The van der Waals surface area contributed by atoms with Gasteiger partial charge in [-0.05, 0) is 19.3 Å². The van der Waals surface area contributed by atoms with E-state index in [1.165, 1.54) is 6.42 Å². The van der Waals surface area contributed by atoms with Gasteiger partial charge in [0.05, 0.1) is 19.3 Å². The molecule has 0 radical (unpaired) electrons. The zero-order valence-electron chi connectivity index (χ0n) is 12.9. The summed E-state index contributed by atoms with van der Waals surface area (Å²) in [4.78, 5) is 17.0. The first kappa shape index (κ1) is 15.2. The molecule has 0 aliphatic carbocycles. The van der Waals surface area contributed by atoms with Crippen molar-refractivity contribution in [2.24, 2.45) is 5.92 Å². The lowest BCUT2D eigenvalue weighted by atomic mass is 10.1. The van der Waals surface area contributed by atoms with E-state index >= 15 is 0 Å². The Labute approximate surface area is 126 Å². The maximum absolute atomic E-state index is 12.6. The van der Waals surface area contributed by atoms with Gasteiger partial charge in [0, 0.05) is 45.9 Å². The fourth-order valence-corrected chi connectivity index (χ4v) is 3.45. The molecule has 0 bridgehead atoms. The van der Waals surface area contributed by atoms with Crippen LogP contribution in [0.5, 0.6) is 0 Å². The van der Waals surface area contributed by atoms with E-state index < -0.39 is 0 Å². The lowest BCUT2D eigenvalue weighted by molar-refractivity contribution is -0.141. The average molecular weight is 297 g/mol. The van der Waals surface area contributed by atoms with Gasteiger partial charge in [0.25, 0.3) is 0 Å². The number of hydrogen-bond acceptors (Lipinski definition) is 5. The van der Waals surface area contributed by atoms with Crippen LogP contribution < -0.4 is 5.32 Å². The van der Waals surface area contributed by atoms with Crippen LogP contribution in [0.2, 0.25) is 0 Å². The number of rotatable bonds is 3. The fourth-order valence-electron chi connectivity index (χ4n) is 3.45. The number of nitrogens with zero attached hydrogens (tertiary/aromatic N) is 2. The molecule has 0 aromatic carbocycles. The van der Waals surface area contributed by atoms with Crippen LogP contribution in [0, 0.1) is 5.92 Å². The molecule has 1 unspecified atom stereocenters. The van der Waals surface area contributed by atoms with Gasteiger partial charge in [-0.25, -0.2) is 0 Å². The van der Waals surface area contributed by atoms with Crippen LogP contribution in [0.25, 0.3) is 0 Å². The van der Waals surface area contributed by atoms with Crippen molar-refractivity contribution in [3.05, 3.63) is 0 Å². The number of carbonyl (C=O) groups excluding carboxylic acids is 1. The van der Waals surface area contributed by atoms with Gasteiger partial charge in [0.15, 0.2) is 0 Å². The third-order valence-corrected chi connectivity index (χ3v) is 4.81. The van der Waals surface area contributed by atoms with Crippen LogP contribution >= 0.6 is 0 Å². The molecule has 3 saturated heterocycles. The number of ether oxygens (including phenoxy) is 2. The van der Waals surface area contributed by atoms with E-state index in [0.29, 0.717) is 12.5 Å². The Hall–Kier alpha value is -0.690. The first-order chi connectivity index (χ1) is 10.2. The van der Waals surface area contributed by atoms with E-state index in [9.17, 15) is 4.79 Å². The van der Waals surface area contributed by atoms with Crippen LogP contribution in [0.15, 0.2) is 0 Å². The Morgan fingerprint density at radius 2 is 2.05 bits per heavy atom. The lowest BCUT2D eigenvalue weighted by Gasteiger charge is -2.39. The highest BCUT2D eigenvalue weighted by molar-refractivity contribution is 5.82. The van der Waals surface area contributed by atoms with E-state index in [1.54, 1.807) is 0 Å². The summed E-state index contributed by atoms with van der Waals surface area (Å²) in [6.45, 7) is 9.98.